The average molecular weight is 256 g/mol. The fourth-order valence-electron chi connectivity index (χ4n) is 2.85. The Labute approximate surface area is 116 Å². The largest absolute Gasteiger partial charge is 0.294 e. The van der Waals surface area contributed by atoms with Crippen LogP contribution in [0.2, 0.25) is 0 Å². The molecule has 0 heterocycles. The van der Waals surface area contributed by atoms with E-state index in [0.29, 0.717) is 6.42 Å². The zero-order valence-electron chi connectivity index (χ0n) is 12.0. The molecule has 1 heteroatoms. The molecule has 0 atom stereocenters. The van der Waals surface area contributed by atoms with E-state index in [9.17, 15) is 4.79 Å². The maximum absolute atomic E-state index is 12.2. The van der Waals surface area contributed by atoms with Gasteiger partial charge < -0.3 is 0 Å². The number of carbonyl (C=O) groups is 1. The molecule has 0 unspecified atom stereocenters. The lowest BCUT2D eigenvalue weighted by atomic mass is 9.90. The summed E-state index contributed by atoms with van der Waals surface area (Å²) >= 11 is 0. The van der Waals surface area contributed by atoms with Crippen LogP contribution in [0.5, 0.6) is 0 Å². The lowest BCUT2D eigenvalue weighted by Gasteiger charge is -2.15. The second kappa shape index (κ2) is 7.28. The van der Waals surface area contributed by atoms with Gasteiger partial charge in [-0.15, -0.1) is 0 Å². The van der Waals surface area contributed by atoms with Gasteiger partial charge in [0.25, 0.3) is 0 Å². The molecule has 1 aliphatic rings. The van der Waals surface area contributed by atoms with Crippen molar-refractivity contribution < 1.29 is 4.79 Å². The molecule has 0 N–H and O–H groups in total. The molecule has 19 heavy (non-hydrogen) atoms. The molecular weight excluding hydrogens is 232 g/mol. The number of benzene rings is 1. The summed E-state index contributed by atoms with van der Waals surface area (Å²) in [5.41, 5.74) is 3.70. The minimum Gasteiger partial charge on any atom is -0.294 e. The summed E-state index contributed by atoms with van der Waals surface area (Å²) in [6.07, 6.45) is 9.68. The Bertz CT molecular complexity index is 432. The summed E-state index contributed by atoms with van der Waals surface area (Å²) in [5, 5.41) is 0. The topological polar surface area (TPSA) is 17.1 Å². The molecule has 1 saturated carbocycles. The lowest BCUT2D eigenvalue weighted by Crippen LogP contribution is -2.02. The molecule has 1 aromatic rings. The number of hydrogen-bond acceptors (Lipinski definition) is 1. The predicted molar refractivity (Wildman–Crippen MR) is 80.4 cm³/mol. The van der Waals surface area contributed by atoms with Crippen molar-refractivity contribution in [3.63, 3.8) is 0 Å². The van der Waals surface area contributed by atoms with Crippen LogP contribution in [0.4, 0.5) is 0 Å². The number of Topliss-reactive ketones (excluding diaryl/α,β-unsaturated/α-hetero) is 1. The van der Waals surface area contributed by atoms with Crippen LogP contribution in [0.3, 0.4) is 0 Å². The van der Waals surface area contributed by atoms with Crippen molar-refractivity contribution in [1.82, 2.24) is 0 Å². The number of ketones is 1. The molecule has 0 bridgehead atoms. The molecule has 1 aromatic carbocycles. The highest BCUT2D eigenvalue weighted by Crippen LogP contribution is 2.26. The van der Waals surface area contributed by atoms with Gasteiger partial charge in [0.15, 0.2) is 5.78 Å². The summed E-state index contributed by atoms with van der Waals surface area (Å²) in [5.74, 6) is 0.257. The summed E-state index contributed by atoms with van der Waals surface area (Å²) in [7, 11) is 0. The molecule has 102 valence electrons. The summed E-state index contributed by atoms with van der Waals surface area (Å²) in [4.78, 5) is 12.2. The minimum absolute atomic E-state index is 0.257. The van der Waals surface area contributed by atoms with Crippen molar-refractivity contribution in [2.45, 2.75) is 58.3 Å². The van der Waals surface area contributed by atoms with E-state index in [1.54, 1.807) is 5.57 Å². The second-order valence-corrected chi connectivity index (χ2v) is 5.62. The molecule has 0 aromatic heterocycles. The maximum atomic E-state index is 12.2. The van der Waals surface area contributed by atoms with Crippen LogP contribution < -0.4 is 0 Å². The zero-order valence-corrected chi connectivity index (χ0v) is 12.0. The van der Waals surface area contributed by atoms with Crippen LogP contribution in [-0.2, 0) is 0 Å². The highest BCUT2D eigenvalue weighted by molar-refractivity contribution is 5.97. The van der Waals surface area contributed by atoms with E-state index in [0.717, 1.165) is 5.56 Å². The van der Waals surface area contributed by atoms with Crippen molar-refractivity contribution >= 4 is 5.78 Å². The molecule has 1 nitrogen and oxygen atoms in total. The molecule has 0 spiro atoms. The Hall–Kier alpha value is -1.37. The van der Waals surface area contributed by atoms with E-state index < -0.39 is 0 Å². The van der Waals surface area contributed by atoms with Crippen LogP contribution in [0.15, 0.2) is 41.5 Å². The Morgan fingerprint density at radius 2 is 1.53 bits per heavy atom. The van der Waals surface area contributed by atoms with Gasteiger partial charge in [0.2, 0.25) is 0 Å². The van der Waals surface area contributed by atoms with Crippen molar-refractivity contribution in [2.24, 2.45) is 0 Å². The monoisotopic (exact) mass is 256 g/mol. The van der Waals surface area contributed by atoms with Gasteiger partial charge in [0.1, 0.15) is 0 Å². The van der Waals surface area contributed by atoms with Gasteiger partial charge in [-0.1, -0.05) is 60.7 Å². The Kier molecular flexibility index (Phi) is 5.38. The van der Waals surface area contributed by atoms with Gasteiger partial charge in [-0.3, -0.25) is 4.79 Å². The van der Waals surface area contributed by atoms with Crippen molar-refractivity contribution in [3.05, 3.63) is 47.0 Å². The first kappa shape index (κ1) is 14.0. The van der Waals surface area contributed by atoms with E-state index in [1.807, 2.05) is 30.3 Å². The highest BCUT2D eigenvalue weighted by Gasteiger charge is 2.11. The summed E-state index contributed by atoms with van der Waals surface area (Å²) in [6.45, 7) is 2.15. The Balaban J connectivity index is 2.02. The van der Waals surface area contributed by atoms with E-state index in [4.69, 9.17) is 0 Å². The molecular formula is C18H24O. The van der Waals surface area contributed by atoms with Crippen molar-refractivity contribution in [3.8, 4) is 0 Å². The molecule has 0 amide bonds. The van der Waals surface area contributed by atoms with Crippen molar-refractivity contribution in [1.29, 1.82) is 0 Å². The first-order chi connectivity index (χ1) is 9.27. The van der Waals surface area contributed by atoms with Crippen LogP contribution in [0, 0.1) is 0 Å². The van der Waals surface area contributed by atoms with Crippen LogP contribution >= 0.6 is 0 Å². The quantitative estimate of drug-likeness (QED) is 0.528. The van der Waals surface area contributed by atoms with Gasteiger partial charge in [-0.2, -0.15) is 0 Å². The third kappa shape index (κ3) is 4.34. The third-order valence-corrected chi connectivity index (χ3v) is 4.08. The van der Waals surface area contributed by atoms with Gasteiger partial charge >= 0.3 is 0 Å². The average Bonchev–Trinajstić information content (AvgIpc) is 2.39. The number of allylic oxidation sites excluding steroid dienone is 2. The smallest absolute Gasteiger partial charge is 0.166 e. The normalized spacial score (nSPS) is 16.6. The summed E-state index contributed by atoms with van der Waals surface area (Å²) < 4.78 is 0. The molecule has 1 fully saturated rings. The van der Waals surface area contributed by atoms with E-state index in [2.05, 4.69) is 6.92 Å². The molecule has 0 aliphatic heterocycles. The zero-order chi connectivity index (χ0) is 13.5. The lowest BCUT2D eigenvalue weighted by molar-refractivity contribution is 0.0992. The van der Waals surface area contributed by atoms with Crippen LogP contribution in [0.25, 0.3) is 0 Å². The van der Waals surface area contributed by atoms with Crippen molar-refractivity contribution in [2.75, 3.05) is 0 Å². The minimum atomic E-state index is 0.257. The molecule has 2 rings (SSSR count). The SMILES string of the molecule is CC(CC(=O)c1ccccc1)=C1CCCCCCC1. The first-order valence-corrected chi connectivity index (χ1v) is 7.53. The first-order valence-electron chi connectivity index (χ1n) is 7.53. The Morgan fingerprint density at radius 3 is 2.16 bits per heavy atom. The molecule has 0 radical (unpaired) electrons. The van der Waals surface area contributed by atoms with Gasteiger partial charge in [0.05, 0.1) is 0 Å². The summed E-state index contributed by atoms with van der Waals surface area (Å²) in [6, 6.07) is 9.66. The molecule has 0 saturated heterocycles. The number of rotatable bonds is 3. The van der Waals surface area contributed by atoms with Gasteiger partial charge in [0, 0.05) is 12.0 Å². The Morgan fingerprint density at radius 1 is 0.947 bits per heavy atom. The standard InChI is InChI=1S/C18H24O/c1-15(16-10-6-3-2-4-7-11-16)14-18(19)17-12-8-5-9-13-17/h5,8-9,12-13H,2-4,6-7,10-11,14H2,1H3. The van der Waals surface area contributed by atoms with E-state index >= 15 is 0 Å². The van der Waals surface area contributed by atoms with Crippen LogP contribution in [-0.4, -0.2) is 5.78 Å². The highest BCUT2D eigenvalue weighted by atomic mass is 16.1. The van der Waals surface area contributed by atoms with E-state index in [1.165, 1.54) is 50.5 Å². The fraction of sp³-hybridized carbons (Fsp3) is 0.500. The van der Waals surface area contributed by atoms with Crippen LogP contribution in [0.1, 0.15) is 68.6 Å². The number of carbonyl (C=O) groups excluding carboxylic acids is 1. The predicted octanol–water partition coefficient (Wildman–Crippen LogP) is 5.32. The maximum Gasteiger partial charge on any atom is 0.166 e. The fourth-order valence-corrected chi connectivity index (χ4v) is 2.85. The second-order valence-electron chi connectivity index (χ2n) is 5.62. The number of hydrogen-bond donors (Lipinski definition) is 0. The van der Waals surface area contributed by atoms with Gasteiger partial charge in [-0.05, 0) is 32.6 Å². The molecule has 1 aliphatic carbocycles. The van der Waals surface area contributed by atoms with Gasteiger partial charge in [-0.25, -0.2) is 0 Å². The van der Waals surface area contributed by atoms with E-state index in [-0.39, 0.29) is 5.78 Å². The third-order valence-electron chi connectivity index (χ3n) is 4.08.